The maximum Gasteiger partial charge on any atom is 0.289 e. The summed E-state index contributed by atoms with van der Waals surface area (Å²) in [5, 5.41) is 2.41. The summed E-state index contributed by atoms with van der Waals surface area (Å²) in [5.74, 6) is 0.205. The first-order valence-electron chi connectivity index (χ1n) is 3.90. The Morgan fingerprint density at radius 1 is 1.29 bits per heavy atom. The van der Waals surface area contributed by atoms with Gasteiger partial charge in [-0.05, 0) is 0 Å². The van der Waals surface area contributed by atoms with E-state index in [1.807, 2.05) is 0 Å². The SMILES string of the molecule is CNC(=O)c1nc(OC)cc(OC)n1. The van der Waals surface area contributed by atoms with Crippen LogP contribution in [-0.4, -0.2) is 37.1 Å². The van der Waals surface area contributed by atoms with E-state index in [0.29, 0.717) is 0 Å². The standard InChI is InChI=1S/C8H11N3O3/c1-9-8(12)7-10-5(13-2)4-6(11-7)14-3/h4H,1-3H3,(H,9,12). The van der Waals surface area contributed by atoms with Crippen molar-refractivity contribution in [3.63, 3.8) is 0 Å². The third-order valence-corrected chi connectivity index (χ3v) is 1.53. The minimum atomic E-state index is -0.387. The first-order valence-corrected chi connectivity index (χ1v) is 3.90. The molecule has 76 valence electrons. The van der Waals surface area contributed by atoms with Gasteiger partial charge >= 0.3 is 0 Å². The third-order valence-electron chi connectivity index (χ3n) is 1.53. The number of carbonyl (C=O) groups is 1. The topological polar surface area (TPSA) is 73.3 Å². The number of carbonyl (C=O) groups excluding carboxylic acids is 1. The van der Waals surface area contributed by atoms with E-state index >= 15 is 0 Å². The van der Waals surface area contributed by atoms with Crippen LogP contribution in [0.5, 0.6) is 11.8 Å². The Labute approximate surface area is 81.3 Å². The minimum Gasteiger partial charge on any atom is -0.481 e. The molecule has 0 fully saturated rings. The quantitative estimate of drug-likeness (QED) is 0.729. The van der Waals surface area contributed by atoms with Gasteiger partial charge in [-0.3, -0.25) is 4.79 Å². The maximum atomic E-state index is 11.2. The van der Waals surface area contributed by atoms with E-state index in [2.05, 4.69) is 15.3 Å². The normalized spacial score (nSPS) is 9.36. The van der Waals surface area contributed by atoms with Crippen LogP contribution in [0.2, 0.25) is 0 Å². The van der Waals surface area contributed by atoms with Gasteiger partial charge in [0, 0.05) is 7.05 Å². The molecule has 0 aromatic carbocycles. The van der Waals surface area contributed by atoms with Crippen LogP contribution in [0.15, 0.2) is 6.07 Å². The van der Waals surface area contributed by atoms with Crippen molar-refractivity contribution >= 4 is 5.91 Å². The molecule has 6 heteroatoms. The van der Waals surface area contributed by atoms with Gasteiger partial charge in [0.1, 0.15) is 0 Å². The van der Waals surface area contributed by atoms with Crippen molar-refractivity contribution in [3.05, 3.63) is 11.9 Å². The van der Waals surface area contributed by atoms with Crippen molar-refractivity contribution in [2.24, 2.45) is 0 Å². The second-order valence-corrected chi connectivity index (χ2v) is 2.36. The van der Waals surface area contributed by atoms with Crippen LogP contribution in [0.3, 0.4) is 0 Å². The lowest BCUT2D eigenvalue weighted by molar-refractivity contribution is 0.0950. The number of methoxy groups -OCH3 is 2. The van der Waals surface area contributed by atoms with Crippen molar-refractivity contribution in [3.8, 4) is 11.8 Å². The zero-order chi connectivity index (χ0) is 10.6. The highest BCUT2D eigenvalue weighted by atomic mass is 16.5. The lowest BCUT2D eigenvalue weighted by Gasteiger charge is -2.04. The van der Waals surface area contributed by atoms with Crippen LogP contribution in [0.25, 0.3) is 0 Å². The molecular weight excluding hydrogens is 186 g/mol. The Balaban J connectivity index is 3.10. The van der Waals surface area contributed by atoms with Crippen molar-refractivity contribution in [2.45, 2.75) is 0 Å². The second kappa shape index (κ2) is 4.40. The molecule has 0 saturated heterocycles. The first-order chi connectivity index (χ1) is 6.71. The summed E-state index contributed by atoms with van der Waals surface area (Å²) in [7, 11) is 4.41. The molecule has 1 rings (SSSR count). The number of hydrogen-bond acceptors (Lipinski definition) is 5. The van der Waals surface area contributed by atoms with Crippen LogP contribution in [0.4, 0.5) is 0 Å². The first kappa shape index (κ1) is 10.2. The van der Waals surface area contributed by atoms with Crippen LogP contribution >= 0.6 is 0 Å². The summed E-state index contributed by atoms with van der Waals surface area (Å²) < 4.78 is 9.76. The largest absolute Gasteiger partial charge is 0.481 e. The predicted octanol–water partition coefficient (Wildman–Crippen LogP) is -0.147. The Kier molecular flexibility index (Phi) is 3.22. The van der Waals surface area contributed by atoms with E-state index in [-0.39, 0.29) is 23.5 Å². The molecule has 0 aliphatic carbocycles. The number of aromatic nitrogens is 2. The molecule has 0 atom stereocenters. The van der Waals surface area contributed by atoms with Crippen LogP contribution in [0, 0.1) is 0 Å². The summed E-state index contributed by atoms with van der Waals surface area (Å²) >= 11 is 0. The summed E-state index contributed by atoms with van der Waals surface area (Å²) in [6.45, 7) is 0. The molecule has 0 bridgehead atoms. The number of nitrogens with zero attached hydrogens (tertiary/aromatic N) is 2. The molecule has 0 unspecified atom stereocenters. The van der Waals surface area contributed by atoms with Crippen LogP contribution in [-0.2, 0) is 0 Å². The molecule has 6 nitrogen and oxygen atoms in total. The smallest absolute Gasteiger partial charge is 0.289 e. The van der Waals surface area contributed by atoms with Crippen molar-refractivity contribution < 1.29 is 14.3 Å². The fourth-order valence-electron chi connectivity index (χ4n) is 0.826. The van der Waals surface area contributed by atoms with E-state index in [1.165, 1.54) is 27.3 Å². The lowest BCUT2D eigenvalue weighted by atomic mass is 10.5. The zero-order valence-electron chi connectivity index (χ0n) is 8.20. The van der Waals surface area contributed by atoms with Crippen LogP contribution in [0.1, 0.15) is 10.6 Å². The van der Waals surface area contributed by atoms with Crippen LogP contribution < -0.4 is 14.8 Å². The van der Waals surface area contributed by atoms with Gasteiger partial charge in [-0.1, -0.05) is 0 Å². The minimum absolute atomic E-state index is 0.0173. The van der Waals surface area contributed by atoms with E-state index in [1.54, 1.807) is 0 Å². The van der Waals surface area contributed by atoms with Gasteiger partial charge in [-0.25, -0.2) is 0 Å². The predicted molar refractivity (Wildman–Crippen MR) is 48.5 cm³/mol. The Morgan fingerprint density at radius 3 is 2.14 bits per heavy atom. The number of hydrogen-bond donors (Lipinski definition) is 1. The molecule has 1 heterocycles. The second-order valence-electron chi connectivity index (χ2n) is 2.36. The molecule has 0 radical (unpaired) electrons. The lowest BCUT2D eigenvalue weighted by Crippen LogP contribution is -2.21. The van der Waals surface area contributed by atoms with Gasteiger partial charge in [0.25, 0.3) is 5.91 Å². The molecule has 0 aliphatic heterocycles. The summed E-state index contributed by atoms with van der Waals surface area (Å²) in [6, 6.07) is 1.49. The summed E-state index contributed by atoms with van der Waals surface area (Å²) in [4.78, 5) is 18.9. The van der Waals surface area contributed by atoms with Gasteiger partial charge < -0.3 is 14.8 Å². The van der Waals surface area contributed by atoms with E-state index < -0.39 is 0 Å². The molecule has 1 aromatic rings. The van der Waals surface area contributed by atoms with Gasteiger partial charge in [0.05, 0.1) is 20.3 Å². The number of amides is 1. The number of nitrogens with one attached hydrogen (secondary N) is 1. The molecule has 1 amide bonds. The highest BCUT2D eigenvalue weighted by Gasteiger charge is 2.11. The fraction of sp³-hybridized carbons (Fsp3) is 0.375. The van der Waals surface area contributed by atoms with Crippen molar-refractivity contribution in [1.29, 1.82) is 0 Å². The van der Waals surface area contributed by atoms with Gasteiger partial charge in [0.2, 0.25) is 17.6 Å². The Morgan fingerprint density at radius 2 is 1.79 bits per heavy atom. The Bertz CT molecular complexity index is 318. The third kappa shape index (κ3) is 2.09. The molecular formula is C8H11N3O3. The molecule has 1 aromatic heterocycles. The van der Waals surface area contributed by atoms with Crippen molar-refractivity contribution in [2.75, 3.05) is 21.3 Å². The van der Waals surface area contributed by atoms with Gasteiger partial charge in [-0.15, -0.1) is 0 Å². The average Bonchev–Trinajstić information content (AvgIpc) is 2.27. The average molecular weight is 197 g/mol. The monoisotopic (exact) mass is 197 g/mol. The number of rotatable bonds is 3. The number of ether oxygens (including phenoxy) is 2. The zero-order valence-corrected chi connectivity index (χ0v) is 8.20. The van der Waals surface area contributed by atoms with Gasteiger partial charge in [-0.2, -0.15) is 9.97 Å². The summed E-state index contributed by atoms with van der Waals surface area (Å²) in [6.07, 6.45) is 0. The molecule has 0 spiro atoms. The molecule has 1 N–H and O–H groups in total. The molecule has 14 heavy (non-hydrogen) atoms. The highest BCUT2D eigenvalue weighted by Crippen LogP contribution is 2.14. The molecule has 0 saturated carbocycles. The van der Waals surface area contributed by atoms with Crippen molar-refractivity contribution in [1.82, 2.24) is 15.3 Å². The highest BCUT2D eigenvalue weighted by molar-refractivity contribution is 5.90. The van der Waals surface area contributed by atoms with E-state index in [4.69, 9.17) is 9.47 Å². The summed E-state index contributed by atoms with van der Waals surface area (Å²) in [5.41, 5.74) is 0. The van der Waals surface area contributed by atoms with E-state index in [9.17, 15) is 4.79 Å². The van der Waals surface area contributed by atoms with E-state index in [0.717, 1.165) is 0 Å². The Hall–Kier alpha value is -1.85. The maximum absolute atomic E-state index is 11.2. The fourth-order valence-corrected chi connectivity index (χ4v) is 0.826. The van der Waals surface area contributed by atoms with Gasteiger partial charge in [0.15, 0.2) is 0 Å². The molecule has 0 aliphatic rings.